The molecule has 0 amide bonds. The van der Waals surface area contributed by atoms with Gasteiger partial charge in [-0.25, -0.2) is 0 Å². The molecule has 3 nitrogen and oxygen atoms in total. The van der Waals surface area contributed by atoms with Crippen LogP contribution >= 0.6 is 27.3 Å². The Labute approximate surface area is 136 Å². The quantitative estimate of drug-likeness (QED) is 0.715. The van der Waals surface area contributed by atoms with Crippen LogP contribution in [0.3, 0.4) is 0 Å². The zero-order valence-corrected chi connectivity index (χ0v) is 14.1. The number of halogens is 1. The van der Waals surface area contributed by atoms with E-state index in [9.17, 15) is 0 Å². The van der Waals surface area contributed by atoms with Crippen molar-refractivity contribution in [2.45, 2.75) is 20.0 Å². The number of rotatable bonds is 5. The average molecular weight is 362 g/mol. The summed E-state index contributed by atoms with van der Waals surface area (Å²) >= 11 is 5.36. The molecule has 0 aliphatic carbocycles. The summed E-state index contributed by atoms with van der Waals surface area (Å²) in [5.74, 6) is 0. The molecule has 3 aromatic rings. The van der Waals surface area contributed by atoms with Gasteiger partial charge in [0.05, 0.1) is 18.4 Å². The van der Waals surface area contributed by atoms with Crippen LogP contribution in [0.15, 0.2) is 53.3 Å². The van der Waals surface area contributed by atoms with Crippen LogP contribution in [-0.4, -0.2) is 9.78 Å². The summed E-state index contributed by atoms with van der Waals surface area (Å²) in [5.41, 5.74) is 2.30. The number of hydrogen-bond acceptors (Lipinski definition) is 3. The zero-order valence-electron chi connectivity index (χ0n) is 11.7. The Balaban J connectivity index is 1.60. The minimum Gasteiger partial charge on any atom is -0.378 e. The summed E-state index contributed by atoms with van der Waals surface area (Å²) in [5, 5.41) is 7.81. The second kappa shape index (κ2) is 6.45. The van der Waals surface area contributed by atoms with E-state index in [0.717, 1.165) is 18.8 Å². The fourth-order valence-electron chi connectivity index (χ4n) is 2.11. The number of aromatic nitrogens is 2. The molecule has 3 rings (SSSR count). The van der Waals surface area contributed by atoms with E-state index in [2.05, 4.69) is 63.6 Å². The van der Waals surface area contributed by atoms with Gasteiger partial charge in [0.15, 0.2) is 0 Å². The van der Waals surface area contributed by atoms with Gasteiger partial charge in [-0.3, -0.25) is 4.68 Å². The molecule has 1 aromatic carbocycles. The second-order valence-corrected chi connectivity index (χ2v) is 7.08. The third-order valence-electron chi connectivity index (χ3n) is 3.20. The largest absolute Gasteiger partial charge is 0.378 e. The highest BCUT2D eigenvalue weighted by atomic mass is 79.9. The van der Waals surface area contributed by atoms with Crippen molar-refractivity contribution in [3.63, 3.8) is 0 Å². The molecule has 21 heavy (non-hydrogen) atoms. The molecular formula is C16H16BrN3S. The molecule has 0 saturated heterocycles. The lowest BCUT2D eigenvalue weighted by atomic mass is 10.2. The Morgan fingerprint density at radius 2 is 2.10 bits per heavy atom. The molecule has 2 heterocycles. The summed E-state index contributed by atoms with van der Waals surface area (Å²) < 4.78 is 3.14. The maximum absolute atomic E-state index is 4.39. The van der Waals surface area contributed by atoms with Gasteiger partial charge < -0.3 is 5.32 Å². The molecule has 2 aromatic heterocycles. The van der Waals surface area contributed by atoms with Gasteiger partial charge >= 0.3 is 0 Å². The van der Waals surface area contributed by atoms with Gasteiger partial charge in [-0.1, -0.05) is 30.3 Å². The minimum absolute atomic E-state index is 0.798. The Morgan fingerprint density at radius 1 is 1.29 bits per heavy atom. The van der Waals surface area contributed by atoms with Crippen molar-refractivity contribution in [3.8, 4) is 0 Å². The van der Waals surface area contributed by atoms with Crippen LogP contribution in [0.4, 0.5) is 5.69 Å². The van der Waals surface area contributed by atoms with Crippen molar-refractivity contribution in [3.05, 3.63) is 68.6 Å². The molecule has 0 fully saturated rings. The summed E-state index contributed by atoms with van der Waals surface area (Å²) in [7, 11) is 0. The van der Waals surface area contributed by atoms with Gasteiger partial charge in [0, 0.05) is 27.0 Å². The first-order valence-electron chi connectivity index (χ1n) is 6.76. The topological polar surface area (TPSA) is 29.9 Å². The summed E-state index contributed by atoms with van der Waals surface area (Å²) in [4.78, 5) is 2.63. The van der Waals surface area contributed by atoms with E-state index >= 15 is 0 Å². The third-order valence-corrected chi connectivity index (χ3v) is 5.33. The normalized spacial score (nSPS) is 10.8. The zero-order chi connectivity index (χ0) is 14.7. The van der Waals surface area contributed by atoms with Crippen molar-refractivity contribution in [2.75, 3.05) is 5.32 Å². The number of nitrogens with one attached hydrogen (secondary N) is 1. The van der Waals surface area contributed by atoms with Crippen molar-refractivity contribution < 1.29 is 0 Å². The first-order valence-corrected chi connectivity index (χ1v) is 8.37. The van der Waals surface area contributed by atoms with Gasteiger partial charge in [0.2, 0.25) is 0 Å². The number of nitrogens with zero attached hydrogens (tertiary/aromatic N) is 2. The Bertz CT molecular complexity index is 699. The van der Waals surface area contributed by atoms with Crippen LogP contribution in [0.2, 0.25) is 0 Å². The molecule has 0 aliphatic heterocycles. The molecule has 1 N–H and O–H groups in total. The number of thiophene rings is 1. The van der Waals surface area contributed by atoms with E-state index in [4.69, 9.17) is 0 Å². The summed E-state index contributed by atoms with van der Waals surface area (Å²) in [6.07, 6.45) is 3.92. The molecule has 0 atom stereocenters. The van der Waals surface area contributed by atoms with E-state index < -0.39 is 0 Å². The number of hydrogen-bond donors (Lipinski definition) is 1. The molecule has 0 unspecified atom stereocenters. The smallest absolute Gasteiger partial charge is 0.0729 e. The molecule has 0 spiro atoms. The monoisotopic (exact) mass is 361 g/mol. The lowest BCUT2D eigenvalue weighted by Gasteiger charge is -2.02. The standard InChI is InChI=1S/C16H16BrN3S/c1-12-16(17)7-15(21-12)9-18-14-8-19-20(11-14)10-13-5-3-2-4-6-13/h2-8,11,18H,9-10H2,1H3. The van der Waals surface area contributed by atoms with Crippen molar-refractivity contribution in [1.82, 2.24) is 9.78 Å². The maximum Gasteiger partial charge on any atom is 0.0729 e. The fraction of sp³-hybridized carbons (Fsp3) is 0.188. The van der Waals surface area contributed by atoms with Crippen LogP contribution in [0, 0.1) is 6.92 Å². The number of benzene rings is 1. The summed E-state index contributed by atoms with van der Waals surface area (Å²) in [6, 6.07) is 12.5. The Morgan fingerprint density at radius 3 is 2.81 bits per heavy atom. The first-order chi connectivity index (χ1) is 10.2. The van der Waals surface area contributed by atoms with Gasteiger partial charge in [-0.15, -0.1) is 11.3 Å². The van der Waals surface area contributed by atoms with E-state index in [1.54, 1.807) is 11.3 Å². The molecule has 5 heteroatoms. The molecule has 108 valence electrons. The molecular weight excluding hydrogens is 346 g/mol. The van der Waals surface area contributed by atoms with Crippen molar-refractivity contribution >= 4 is 33.0 Å². The van der Waals surface area contributed by atoms with Crippen molar-refractivity contribution in [2.24, 2.45) is 0 Å². The lowest BCUT2D eigenvalue weighted by molar-refractivity contribution is 0.687. The average Bonchev–Trinajstić information content (AvgIpc) is 3.05. The van der Waals surface area contributed by atoms with E-state index in [0.29, 0.717) is 0 Å². The van der Waals surface area contributed by atoms with Crippen LogP contribution in [0.1, 0.15) is 15.3 Å². The maximum atomic E-state index is 4.39. The lowest BCUT2D eigenvalue weighted by Crippen LogP contribution is -2.00. The fourth-order valence-corrected chi connectivity index (χ4v) is 3.65. The summed E-state index contributed by atoms with van der Waals surface area (Å²) in [6.45, 7) is 3.75. The molecule has 0 aliphatic rings. The van der Waals surface area contributed by atoms with Crippen LogP contribution in [0.25, 0.3) is 0 Å². The van der Waals surface area contributed by atoms with Crippen LogP contribution in [-0.2, 0) is 13.1 Å². The highest BCUT2D eigenvalue weighted by Gasteiger charge is 2.04. The van der Waals surface area contributed by atoms with Gasteiger partial charge in [-0.05, 0) is 34.5 Å². The van der Waals surface area contributed by atoms with Crippen molar-refractivity contribution in [1.29, 1.82) is 0 Å². The number of aryl methyl sites for hydroxylation is 1. The third kappa shape index (κ3) is 3.74. The van der Waals surface area contributed by atoms with E-state index in [1.807, 2.05) is 23.1 Å². The van der Waals surface area contributed by atoms with E-state index in [-0.39, 0.29) is 0 Å². The predicted molar refractivity (Wildman–Crippen MR) is 91.9 cm³/mol. The molecule has 0 saturated carbocycles. The van der Waals surface area contributed by atoms with Crippen LogP contribution in [0.5, 0.6) is 0 Å². The highest BCUT2D eigenvalue weighted by Crippen LogP contribution is 2.26. The minimum atomic E-state index is 0.798. The van der Waals surface area contributed by atoms with E-state index in [1.165, 1.54) is 19.8 Å². The second-order valence-electron chi connectivity index (χ2n) is 4.88. The van der Waals surface area contributed by atoms with Gasteiger partial charge in [0.1, 0.15) is 0 Å². The number of anilines is 1. The Hall–Kier alpha value is -1.59. The predicted octanol–water partition coefficient (Wildman–Crippen LogP) is 4.68. The Kier molecular flexibility index (Phi) is 4.41. The SMILES string of the molecule is Cc1sc(CNc2cnn(Cc3ccccc3)c2)cc1Br. The van der Waals surface area contributed by atoms with Gasteiger partial charge in [0.25, 0.3) is 0 Å². The molecule has 0 bridgehead atoms. The first kappa shape index (κ1) is 14.4. The highest BCUT2D eigenvalue weighted by molar-refractivity contribution is 9.10. The molecule has 0 radical (unpaired) electrons. The van der Waals surface area contributed by atoms with Crippen LogP contribution < -0.4 is 5.32 Å². The van der Waals surface area contributed by atoms with Gasteiger partial charge in [-0.2, -0.15) is 5.10 Å².